The lowest BCUT2D eigenvalue weighted by Gasteiger charge is -2.14. The molecule has 1 nitrogen and oxygen atoms in total. The van der Waals surface area contributed by atoms with Gasteiger partial charge < -0.3 is 5.11 Å². The molecule has 0 aliphatic rings. The normalized spacial score (nSPS) is 12.6. The zero-order valence-corrected chi connectivity index (χ0v) is 13.0. The second kappa shape index (κ2) is 9.57. The smallest absolute Gasteiger partial charge is 0.0462 e. The Labute approximate surface area is 120 Å². The summed E-state index contributed by atoms with van der Waals surface area (Å²) in [4.78, 5) is 0. The summed E-state index contributed by atoms with van der Waals surface area (Å²) in [5.74, 6) is 0.418. The summed E-state index contributed by atoms with van der Waals surface area (Å²) in [5.41, 5.74) is 1.32. The molecule has 1 unspecified atom stereocenters. The number of rotatable bonds is 9. The molecule has 18 heavy (non-hydrogen) atoms. The van der Waals surface area contributed by atoms with Gasteiger partial charge in [0.25, 0.3) is 0 Å². The van der Waals surface area contributed by atoms with Crippen LogP contribution in [0.4, 0.5) is 0 Å². The summed E-state index contributed by atoms with van der Waals surface area (Å²) in [6.45, 7) is 2.55. The van der Waals surface area contributed by atoms with Crippen LogP contribution in [0, 0.1) is 5.92 Å². The largest absolute Gasteiger partial charge is 0.396 e. The first-order valence-corrected chi connectivity index (χ1v) is 7.90. The Balaban J connectivity index is 2.28. The van der Waals surface area contributed by atoms with Gasteiger partial charge in [-0.3, -0.25) is 0 Å². The predicted octanol–water partition coefficient (Wildman–Crippen LogP) is 4.96. The van der Waals surface area contributed by atoms with Crippen LogP contribution in [0.2, 0.25) is 0 Å². The average Bonchev–Trinajstić information content (AvgIpc) is 2.37. The first kappa shape index (κ1) is 15.7. The minimum absolute atomic E-state index is 0.306. The van der Waals surface area contributed by atoms with Gasteiger partial charge in [-0.05, 0) is 36.5 Å². The van der Waals surface area contributed by atoms with Crippen LogP contribution in [0.3, 0.4) is 0 Å². The monoisotopic (exact) mass is 312 g/mol. The van der Waals surface area contributed by atoms with E-state index in [1.165, 1.54) is 37.7 Å². The van der Waals surface area contributed by atoms with Crippen LogP contribution in [0.5, 0.6) is 0 Å². The third-order valence-electron chi connectivity index (χ3n) is 3.39. The van der Waals surface area contributed by atoms with Crippen LogP contribution in [-0.4, -0.2) is 11.7 Å². The van der Waals surface area contributed by atoms with Crippen molar-refractivity contribution in [3.8, 4) is 0 Å². The maximum atomic E-state index is 9.45. The van der Waals surface area contributed by atoms with Gasteiger partial charge in [0.2, 0.25) is 0 Å². The van der Waals surface area contributed by atoms with Crippen LogP contribution in [0.25, 0.3) is 0 Å². The Hall–Kier alpha value is -0.340. The van der Waals surface area contributed by atoms with Gasteiger partial charge in [-0.1, -0.05) is 67.1 Å². The van der Waals surface area contributed by atoms with Gasteiger partial charge in [0.1, 0.15) is 0 Å². The van der Waals surface area contributed by atoms with Crippen molar-refractivity contribution in [2.45, 2.75) is 51.9 Å². The van der Waals surface area contributed by atoms with Gasteiger partial charge in [0.05, 0.1) is 0 Å². The van der Waals surface area contributed by atoms with Crippen LogP contribution < -0.4 is 0 Å². The maximum absolute atomic E-state index is 9.45. The van der Waals surface area contributed by atoms with Gasteiger partial charge in [0.15, 0.2) is 0 Å². The summed E-state index contributed by atoms with van der Waals surface area (Å²) in [5, 5.41) is 9.45. The zero-order chi connectivity index (χ0) is 13.2. The fourth-order valence-corrected chi connectivity index (χ4v) is 2.74. The summed E-state index contributed by atoms with van der Waals surface area (Å²) >= 11 is 3.49. The standard InChI is InChI=1S/C16H25BrO/c1-2-3-4-5-6-8-15(13-18)11-14-9-7-10-16(17)12-14/h7,9-10,12,15,18H,2-6,8,11,13H2,1H3. The molecule has 0 heterocycles. The summed E-state index contributed by atoms with van der Waals surface area (Å²) < 4.78 is 1.12. The number of aliphatic hydroxyl groups excluding tert-OH is 1. The second-order valence-corrected chi connectivity index (χ2v) is 6.00. The Morgan fingerprint density at radius 2 is 1.94 bits per heavy atom. The molecule has 0 aliphatic carbocycles. The van der Waals surface area contributed by atoms with Crippen molar-refractivity contribution in [3.63, 3.8) is 0 Å². The number of unbranched alkanes of at least 4 members (excludes halogenated alkanes) is 4. The van der Waals surface area contributed by atoms with Gasteiger partial charge >= 0.3 is 0 Å². The molecule has 2 heteroatoms. The predicted molar refractivity (Wildman–Crippen MR) is 81.8 cm³/mol. The van der Waals surface area contributed by atoms with Crippen molar-refractivity contribution >= 4 is 15.9 Å². The van der Waals surface area contributed by atoms with E-state index in [0.717, 1.165) is 17.3 Å². The molecule has 1 atom stereocenters. The van der Waals surface area contributed by atoms with E-state index in [-0.39, 0.29) is 0 Å². The van der Waals surface area contributed by atoms with Gasteiger partial charge in [0, 0.05) is 11.1 Å². The number of benzene rings is 1. The van der Waals surface area contributed by atoms with Gasteiger partial charge in [-0.2, -0.15) is 0 Å². The minimum atomic E-state index is 0.306. The van der Waals surface area contributed by atoms with Gasteiger partial charge in [-0.15, -0.1) is 0 Å². The molecule has 0 aromatic heterocycles. The molecule has 102 valence electrons. The van der Waals surface area contributed by atoms with E-state index in [9.17, 15) is 5.11 Å². The SMILES string of the molecule is CCCCCCCC(CO)Cc1cccc(Br)c1. The van der Waals surface area contributed by atoms with Crippen LogP contribution in [0.1, 0.15) is 51.0 Å². The fraction of sp³-hybridized carbons (Fsp3) is 0.625. The molecule has 1 rings (SSSR count). The highest BCUT2D eigenvalue weighted by Gasteiger charge is 2.08. The second-order valence-electron chi connectivity index (χ2n) is 5.09. The van der Waals surface area contributed by atoms with E-state index in [4.69, 9.17) is 0 Å². The van der Waals surface area contributed by atoms with Crippen molar-refractivity contribution in [1.29, 1.82) is 0 Å². The van der Waals surface area contributed by atoms with Crippen molar-refractivity contribution < 1.29 is 5.11 Å². The molecule has 0 radical (unpaired) electrons. The maximum Gasteiger partial charge on any atom is 0.0462 e. The van der Waals surface area contributed by atoms with E-state index in [2.05, 4.69) is 41.1 Å². The Morgan fingerprint density at radius 3 is 2.61 bits per heavy atom. The fourth-order valence-electron chi connectivity index (χ4n) is 2.29. The molecule has 1 aromatic carbocycles. The van der Waals surface area contributed by atoms with Gasteiger partial charge in [-0.25, -0.2) is 0 Å². The molecular formula is C16H25BrO. The first-order valence-electron chi connectivity index (χ1n) is 7.11. The molecule has 0 amide bonds. The Bertz CT molecular complexity index is 325. The van der Waals surface area contributed by atoms with Crippen molar-refractivity contribution in [3.05, 3.63) is 34.3 Å². The Kier molecular flexibility index (Phi) is 8.36. The molecule has 0 bridgehead atoms. The number of halogens is 1. The van der Waals surface area contributed by atoms with Crippen LogP contribution >= 0.6 is 15.9 Å². The molecular weight excluding hydrogens is 288 g/mol. The van der Waals surface area contributed by atoms with E-state index >= 15 is 0 Å². The number of aliphatic hydroxyl groups is 1. The molecule has 1 aromatic rings. The lowest BCUT2D eigenvalue weighted by Crippen LogP contribution is -2.09. The molecule has 0 aliphatic heterocycles. The number of hydrogen-bond donors (Lipinski definition) is 1. The third kappa shape index (κ3) is 6.55. The molecule has 1 N–H and O–H groups in total. The van der Waals surface area contributed by atoms with Crippen molar-refractivity contribution in [1.82, 2.24) is 0 Å². The third-order valence-corrected chi connectivity index (χ3v) is 3.88. The van der Waals surface area contributed by atoms with Crippen molar-refractivity contribution in [2.24, 2.45) is 5.92 Å². The highest BCUT2D eigenvalue weighted by Crippen LogP contribution is 2.19. The average molecular weight is 313 g/mol. The van der Waals surface area contributed by atoms with E-state index in [1.807, 2.05) is 6.07 Å². The summed E-state index contributed by atoms with van der Waals surface area (Å²) in [6.07, 6.45) is 8.67. The van der Waals surface area contributed by atoms with E-state index in [0.29, 0.717) is 12.5 Å². The summed E-state index contributed by atoms with van der Waals surface area (Å²) in [7, 11) is 0. The zero-order valence-electron chi connectivity index (χ0n) is 11.4. The van der Waals surface area contributed by atoms with Crippen molar-refractivity contribution in [2.75, 3.05) is 6.61 Å². The van der Waals surface area contributed by atoms with Crippen LogP contribution in [0.15, 0.2) is 28.7 Å². The first-order chi connectivity index (χ1) is 8.76. The molecule has 0 fully saturated rings. The molecule has 0 saturated carbocycles. The Morgan fingerprint density at radius 1 is 1.17 bits per heavy atom. The van der Waals surface area contributed by atoms with E-state index in [1.54, 1.807) is 0 Å². The molecule has 0 saturated heterocycles. The minimum Gasteiger partial charge on any atom is -0.396 e. The number of hydrogen-bond acceptors (Lipinski definition) is 1. The summed E-state index contributed by atoms with van der Waals surface area (Å²) in [6, 6.07) is 8.40. The molecule has 0 spiro atoms. The lowest BCUT2D eigenvalue weighted by atomic mass is 9.94. The highest BCUT2D eigenvalue weighted by molar-refractivity contribution is 9.10. The topological polar surface area (TPSA) is 20.2 Å². The quantitative estimate of drug-likeness (QED) is 0.639. The van der Waals surface area contributed by atoms with Crippen LogP contribution in [-0.2, 0) is 6.42 Å². The highest BCUT2D eigenvalue weighted by atomic mass is 79.9. The lowest BCUT2D eigenvalue weighted by molar-refractivity contribution is 0.214. The van der Waals surface area contributed by atoms with E-state index < -0.39 is 0 Å².